The highest BCUT2D eigenvalue weighted by Gasteiger charge is 2.67. The summed E-state index contributed by atoms with van der Waals surface area (Å²) in [5.74, 6) is -0.897. The van der Waals surface area contributed by atoms with Crippen molar-refractivity contribution in [2.24, 2.45) is 4.99 Å². The molecule has 3 heterocycles. The summed E-state index contributed by atoms with van der Waals surface area (Å²) in [6.45, 7) is 0.220. The van der Waals surface area contributed by atoms with Gasteiger partial charge in [-0.3, -0.25) is 9.69 Å². The van der Waals surface area contributed by atoms with Crippen LogP contribution in [0.1, 0.15) is 0 Å². The maximum absolute atomic E-state index is 13.4. The topological polar surface area (TPSA) is 70.5 Å². The Bertz CT molecular complexity index is 578. The fraction of sp³-hybridized carbons (Fsp3) is 0.400. The molecule has 0 bridgehead atoms. The second-order valence-electron chi connectivity index (χ2n) is 4.11. The average molecular weight is 303 g/mol. The Morgan fingerprint density at radius 3 is 2.65 bits per heavy atom. The molecule has 0 saturated carbocycles. The van der Waals surface area contributed by atoms with E-state index in [0.29, 0.717) is 5.75 Å². The molecular weight excluding hydrogens is 295 g/mol. The van der Waals surface area contributed by atoms with Gasteiger partial charge in [0.05, 0.1) is 0 Å². The summed E-state index contributed by atoms with van der Waals surface area (Å²) < 4.78 is 40.1. The minimum atomic E-state index is -4.89. The molecular formula is C10H8F3N5OS. The number of aliphatic imine (C=N–C) groups is 1. The number of carbonyl (C=O) groups is 1. The van der Waals surface area contributed by atoms with Gasteiger partial charge in [-0.2, -0.15) is 13.2 Å². The summed E-state index contributed by atoms with van der Waals surface area (Å²) in [5.41, 5.74) is -3.03. The van der Waals surface area contributed by atoms with Crippen LogP contribution in [-0.2, 0) is 4.79 Å². The third-order valence-corrected chi connectivity index (χ3v) is 3.82. The van der Waals surface area contributed by atoms with Crippen LogP contribution in [0.25, 0.3) is 0 Å². The van der Waals surface area contributed by atoms with Crippen molar-refractivity contribution in [1.29, 1.82) is 0 Å². The van der Waals surface area contributed by atoms with Gasteiger partial charge < -0.3 is 5.32 Å². The van der Waals surface area contributed by atoms with Crippen molar-refractivity contribution in [3.63, 3.8) is 0 Å². The third kappa shape index (κ3) is 1.82. The van der Waals surface area contributed by atoms with Crippen LogP contribution >= 0.6 is 11.8 Å². The zero-order valence-electron chi connectivity index (χ0n) is 9.89. The summed E-state index contributed by atoms with van der Waals surface area (Å²) in [4.78, 5) is 24.0. The lowest BCUT2D eigenvalue weighted by Gasteiger charge is -2.28. The molecule has 0 aliphatic carbocycles. The van der Waals surface area contributed by atoms with E-state index < -0.39 is 17.7 Å². The highest BCUT2D eigenvalue weighted by Crippen LogP contribution is 2.42. The van der Waals surface area contributed by atoms with Crippen LogP contribution in [0.3, 0.4) is 0 Å². The zero-order chi connectivity index (χ0) is 14.4. The number of rotatable bonds is 2. The summed E-state index contributed by atoms with van der Waals surface area (Å²) in [6.07, 6.45) is -2.33. The Morgan fingerprint density at radius 2 is 2.05 bits per heavy atom. The number of nitrogens with zero attached hydrogens (tertiary/aromatic N) is 4. The standard InChI is InChI=1S/C10H8F3N5OS/c11-10(12,13)9(16-7-14-2-1-3-15-7)6(19)18-4-5-20-8(18)17-9/h1-3H,4-5H2,(H,14,15,16). The predicted molar refractivity (Wildman–Crippen MR) is 66.0 cm³/mol. The maximum Gasteiger partial charge on any atom is 0.442 e. The molecule has 0 spiro atoms. The molecule has 1 aromatic heterocycles. The number of hydrogen-bond acceptors (Lipinski definition) is 6. The van der Waals surface area contributed by atoms with Crippen LogP contribution in [0.15, 0.2) is 23.5 Å². The molecule has 1 saturated heterocycles. The van der Waals surface area contributed by atoms with Crippen LogP contribution < -0.4 is 5.32 Å². The molecule has 1 aromatic rings. The minimum absolute atomic E-state index is 0.0794. The van der Waals surface area contributed by atoms with Crippen molar-refractivity contribution in [3.05, 3.63) is 18.5 Å². The molecule has 1 N–H and O–H groups in total. The second-order valence-corrected chi connectivity index (χ2v) is 5.17. The SMILES string of the molecule is O=C1N2CCSC2=NC1(Nc1ncccn1)C(F)(F)F. The monoisotopic (exact) mass is 303 g/mol. The van der Waals surface area contributed by atoms with E-state index in [1.54, 1.807) is 0 Å². The lowest BCUT2D eigenvalue weighted by atomic mass is 10.1. The first-order valence-electron chi connectivity index (χ1n) is 5.60. The van der Waals surface area contributed by atoms with E-state index in [0.717, 1.165) is 16.7 Å². The van der Waals surface area contributed by atoms with Gasteiger partial charge in [-0.15, -0.1) is 0 Å². The van der Waals surface area contributed by atoms with Gasteiger partial charge in [-0.05, 0) is 6.07 Å². The number of aromatic nitrogens is 2. The Hall–Kier alpha value is -1.84. The molecule has 1 unspecified atom stereocenters. The Labute approximate surface area is 115 Å². The van der Waals surface area contributed by atoms with E-state index in [4.69, 9.17) is 0 Å². The Balaban J connectivity index is 2.03. The smallest absolute Gasteiger partial charge is 0.314 e. The number of hydrogen-bond donors (Lipinski definition) is 1. The number of amidine groups is 1. The van der Waals surface area contributed by atoms with Crippen molar-refractivity contribution in [2.75, 3.05) is 17.6 Å². The Morgan fingerprint density at radius 1 is 1.35 bits per heavy atom. The molecule has 20 heavy (non-hydrogen) atoms. The number of halogens is 3. The van der Waals surface area contributed by atoms with Gasteiger partial charge >= 0.3 is 11.8 Å². The van der Waals surface area contributed by atoms with Crippen molar-refractivity contribution in [3.8, 4) is 0 Å². The molecule has 0 aromatic carbocycles. The molecule has 1 atom stereocenters. The van der Waals surface area contributed by atoms with Crippen LogP contribution in [0.4, 0.5) is 19.1 Å². The first kappa shape index (κ1) is 13.2. The largest absolute Gasteiger partial charge is 0.442 e. The number of thioether (sulfide) groups is 1. The lowest BCUT2D eigenvalue weighted by molar-refractivity contribution is -0.185. The molecule has 106 valence electrons. The van der Waals surface area contributed by atoms with Gasteiger partial charge in [0.15, 0.2) is 5.17 Å². The van der Waals surface area contributed by atoms with Gasteiger partial charge in [0.25, 0.3) is 5.91 Å². The van der Waals surface area contributed by atoms with Gasteiger partial charge in [0, 0.05) is 24.7 Å². The van der Waals surface area contributed by atoms with Crippen molar-refractivity contribution >= 4 is 28.8 Å². The number of amides is 1. The summed E-state index contributed by atoms with van der Waals surface area (Å²) in [6, 6.07) is 1.46. The van der Waals surface area contributed by atoms with Crippen LogP contribution in [-0.4, -0.2) is 50.1 Å². The van der Waals surface area contributed by atoms with Crippen molar-refractivity contribution in [2.45, 2.75) is 11.8 Å². The number of carbonyl (C=O) groups excluding carboxylic acids is 1. The predicted octanol–water partition coefficient (Wildman–Crippen LogP) is 1.09. The van der Waals surface area contributed by atoms with Crippen LogP contribution in [0.2, 0.25) is 0 Å². The first-order valence-corrected chi connectivity index (χ1v) is 6.59. The maximum atomic E-state index is 13.4. The average Bonchev–Trinajstić information content (AvgIpc) is 2.93. The Kier molecular flexibility index (Phi) is 2.85. The van der Waals surface area contributed by atoms with Gasteiger partial charge in [-0.1, -0.05) is 11.8 Å². The van der Waals surface area contributed by atoms with Gasteiger partial charge in [0.2, 0.25) is 5.95 Å². The normalized spacial score (nSPS) is 25.6. The minimum Gasteiger partial charge on any atom is -0.314 e. The van der Waals surface area contributed by atoms with Crippen molar-refractivity contribution < 1.29 is 18.0 Å². The lowest BCUT2D eigenvalue weighted by Crippen LogP contribution is -2.58. The molecule has 10 heteroatoms. The van der Waals surface area contributed by atoms with E-state index in [-0.39, 0.29) is 17.7 Å². The van der Waals surface area contributed by atoms with Gasteiger partial charge in [-0.25, -0.2) is 15.0 Å². The summed E-state index contributed by atoms with van der Waals surface area (Å²) in [7, 11) is 0. The molecule has 1 fully saturated rings. The highest BCUT2D eigenvalue weighted by atomic mass is 32.2. The fourth-order valence-electron chi connectivity index (χ4n) is 1.93. The molecule has 6 nitrogen and oxygen atoms in total. The molecule has 2 aliphatic rings. The number of anilines is 1. The van der Waals surface area contributed by atoms with Gasteiger partial charge in [0.1, 0.15) is 0 Å². The number of fused-ring (bicyclic) bond motifs is 1. The summed E-state index contributed by atoms with van der Waals surface area (Å²) >= 11 is 1.12. The quantitative estimate of drug-likeness (QED) is 0.885. The van der Waals surface area contributed by atoms with E-state index in [9.17, 15) is 18.0 Å². The zero-order valence-corrected chi connectivity index (χ0v) is 10.7. The molecule has 2 aliphatic heterocycles. The molecule has 0 radical (unpaired) electrons. The van der Waals surface area contributed by atoms with E-state index in [1.165, 1.54) is 18.5 Å². The molecule has 1 amide bonds. The van der Waals surface area contributed by atoms with Crippen LogP contribution in [0.5, 0.6) is 0 Å². The summed E-state index contributed by atoms with van der Waals surface area (Å²) in [5, 5.41) is 2.11. The van der Waals surface area contributed by atoms with E-state index >= 15 is 0 Å². The first-order chi connectivity index (χ1) is 9.44. The third-order valence-electron chi connectivity index (χ3n) is 2.86. The number of alkyl halides is 3. The highest BCUT2D eigenvalue weighted by molar-refractivity contribution is 8.14. The van der Waals surface area contributed by atoms with Crippen LogP contribution in [0, 0.1) is 0 Å². The fourth-order valence-corrected chi connectivity index (χ4v) is 2.92. The van der Waals surface area contributed by atoms with E-state index in [1.807, 2.05) is 5.32 Å². The second kappa shape index (κ2) is 4.33. The van der Waals surface area contributed by atoms with Crippen molar-refractivity contribution in [1.82, 2.24) is 14.9 Å². The molecule has 3 rings (SSSR count). The van der Waals surface area contributed by atoms with E-state index in [2.05, 4.69) is 15.0 Å². The number of nitrogens with one attached hydrogen (secondary N) is 1.